The van der Waals surface area contributed by atoms with Crippen molar-refractivity contribution in [2.45, 2.75) is 58.0 Å². The average Bonchev–Trinajstić information content (AvgIpc) is 3.13. The van der Waals surface area contributed by atoms with Crippen LogP contribution < -0.4 is 10.6 Å². The first-order chi connectivity index (χ1) is 16.3. The first-order valence-corrected chi connectivity index (χ1v) is 11.6. The summed E-state index contributed by atoms with van der Waals surface area (Å²) in [5, 5.41) is 14.6. The van der Waals surface area contributed by atoms with Gasteiger partial charge in [0.15, 0.2) is 0 Å². The lowest BCUT2D eigenvalue weighted by Crippen LogP contribution is -2.44. The SMILES string of the molecule is CCC(CC(=O)NC(CC=C(C)C)C(=O)O)NC(=O)OCC1c2ccccc2-c2ccccc21. The molecule has 3 N–H and O–H groups in total. The van der Waals surface area contributed by atoms with E-state index >= 15 is 0 Å². The molecule has 2 aromatic carbocycles. The summed E-state index contributed by atoms with van der Waals surface area (Å²) in [5.74, 6) is -1.57. The minimum atomic E-state index is -1.09. The van der Waals surface area contributed by atoms with Crippen LogP contribution in [0.15, 0.2) is 60.2 Å². The Hall–Kier alpha value is -3.61. The van der Waals surface area contributed by atoms with Crippen molar-refractivity contribution in [1.29, 1.82) is 0 Å². The summed E-state index contributed by atoms with van der Waals surface area (Å²) in [7, 11) is 0. The maximum absolute atomic E-state index is 12.5. The van der Waals surface area contributed by atoms with Crippen molar-refractivity contribution in [3.8, 4) is 11.1 Å². The van der Waals surface area contributed by atoms with E-state index in [2.05, 4.69) is 34.9 Å². The van der Waals surface area contributed by atoms with Crippen LogP contribution in [0.3, 0.4) is 0 Å². The van der Waals surface area contributed by atoms with Crippen LogP contribution >= 0.6 is 0 Å². The number of hydrogen-bond acceptors (Lipinski definition) is 4. The second-order valence-corrected chi connectivity index (χ2v) is 8.75. The molecule has 7 heteroatoms. The van der Waals surface area contributed by atoms with Gasteiger partial charge in [-0.2, -0.15) is 0 Å². The van der Waals surface area contributed by atoms with Crippen LogP contribution in [0.4, 0.5) is 4.79 Å². The predicted molar refractivity (Wildman–Crippen MR) is 131 cm³/mol. The molecule has 1 aliphatic carbocycles. The van der Waals surface area contributed by atoms with E-state index in [9.17, 15) is 19.5 Å². The molecule has 0 saturated carbocycles. The highest BCUT2D eigenvalue weighted by atomic mass is 16.5. The number of rotatable bonds is 10. The molecule has 2 aromatic rings. The third kappa shape index (κ3) is 6.25. The molecule has 2 amide bonds. The van der Waals surface area contributed by atoms with Crippen LogP contribution in [0.1, 0.15) is 57.1 Å². The Balaban J connectivity index is 1.55. The molecule has 0 bridgehead atoms. The molecule has 34 heavy (non-hydrogen) atoms. The summed E-state index contributed by atoms with van der Waals surface area (Å²) in [6.07, 6.45) is 1.86. The fourth-order valence-electron chi connectivity index (χ4n) is 4.16. The van der Waals surface area contributed by atoms with Gasteiger partial charge < -0.3 is 20.5 Å². The monoisotopic (exact) mass is 464 g/mol. The number of hydrogen-bond donors (Lipinski definition) is 3. The van der Waals surface area contributed by atoms with Crippen LogP contribution in [0, 0.1) is 0 Å². The number of carbonyl (C=O) groups excluding carboxylic acids is 2. The molecule has 7 nitrogen and oxygen atoms in total. The largest absolute Gasteiger partial charge is 0.480 e. The first-order valence-electron chi connectivity index (χ1n) is 11.6. The van der Waals surface area contributed by atoms with E-state index in [1.807, 2.05) is 45.0 Å². The van der Waals surface area contributed by atoms with Gasteiger partial charge in [-0.05, 0) is 48.9 Å². The van der Waals surface area contributed by atoms with Gasteiger partial charge in [-0.25, -0.2) is 9.59 Å². The molecule has 0 aromatic heterocycles. The Labute approximate surface area is 200 Å². The van der Waals surface area contributed by atoms with E-state index in [-0.39, 0.29) is 25.4 Å². The molecule has 0 radical (unpaired) electrons. The number of nitrogens with one attached hydrogen (secondary N) is 2. The third-order valence-electron chi connectivity index (χ3n) is 5.99. The van der Waals surface area contributed by atoms with Gasteiger partial charge in [0.2, 0.25) is 5.91 Å². The van der Waals surface area contributed by atoms with E-state index < -0.39 is 30.1 Å². The predicted octanol–water partition coefficient (Wildman–Crippen LogP) is 4.62. The van der Waals surface area contributed by atoms with Crippen LogP contribution in [0.2, 0.25) is 0 Å². The van der Waals surface area contributed by atoms with Crippen molar-refractivity contribution in [3.05, 3.63) is 71.3 Å². The summed E-state index contributed by atoms with van der Waals surface area (Å²) >= 11 is 0. The van der Waals surface area contributed by atoms with Gasteiger partial charge in [-0.15, -0.1) is 0 Å². The number of aliphatic carboxylic acids is 1. The lowest BCUT2D eigenvalue weighted by molar-refractivity contribution is -0.141. The molecule has 1 aliphatic rings. The lowest BCUT2D eigenvalue weighted by atomic mass is 9.98. The van der Waals surface area contributed by atoms with Crippen LogP contribution in [-0.2, 0) is 14.3 Å². The molecule has 0 aliphatic heterocycles. The standard InChI is InChI=1S/C27H32N2O5/c1-4-18(15-25(30)29-24(26(31)32)14-13-17(2)3)28-27(33)34-16-23-21-11-7-5-9-19(21)20-10-6-8-12-22(20)23/h5-13,18,23-24H,4,14-16H2,1-3H3,(H,28,33)(H,29,30)(H,31,32). The second kappa shape index (κ2) is 11.5. The normalized spacial score (nSPS) is 13.7. The quantitative estimate of drug-likeness (QED) is 0.445. The Kier molecular flexibility index (Phi) is 8.46. The van der Waals surface area contributed by atoms with E-state index in [1.54, 1.807) is 6.08 Å². The number of allylic oxidation sites excluding steroid dienone is 1. The van der Waals surface area contributed by atoms with Gasteiger partial charge in [0.1, 0.15) is 12.6 Å². The molecular weight excluding hydrogens is 432 g/mol. The number of ether oxygens (including phenoxy) is 1. The minimum absolute atomic E-state index is 0.0285. The fraction of sp³-hybridized carbons (Fsp3) is 0.370. The number of amides is 2. The van der Waals surface area contributed by atoms with Crippen molar-refractivity contribution in [3.63, 3.8) is 0 Å². The number of benzene rings is 2. The molecular formula is C27H32N2O5. The van der Waals surface area contributed by atoms with Crippen LogP contribution in [0.5, 0.6) is 0 Å². The van der Waals surface area contributed by atoms with Crippen molar-refractivity contribution in [1.82, 2.24) is 10.6 Å². The molecule has 180 valence electrons. The van der Waals surface area contributed by atoms with Crippen molar-refractivity contribution in [2.24, 2.45) is 0 Å². The zero-order chi connectivity index (χ0) is 24.7. The summed E-state index contributed by atoms with van der Waals surface area (Å²) in [6, 6.07) is 14.7. The fourth-order valence-corrected chi connectivity index (χ4v) is 4.16. The van der Waals surface area contributed by atoms with Crippen LogP contribution in [0.25, 0.3) is 11.1 Å². The smallest absolute Gasteiger partial charge is 0.407 e. The summed E-state index contributed by atoms with van der Waals surface area (Å²) in [5.41, 5.74) is 5.52. The number of carboxylic acids is 1. The Morgan fingerprint density at radius 2 is 1.59 bits per heavy atom. The molecule has 0 heterocycles. The first kappa shape index (κ1) is 25.0. The Morgan fingerprint density at radius 3 is 2.12 bits per heavy atom. The highest BCUT2D eigenvalue weighted by Gasteiger charge is 2.29. The van der Waals surface area contributed by atoms with Gasteiger partial charge >= 0.3 is 12.1 Å². The summed E-state index contributed by atoms with van der Waals surface area (Å²) < 4.78 is 5.55. The van der Waals surface area contributed by atoms with Gasteiger partial charge in [-0.3, -0.25) is 4.79 Å². The maximum Gasteiger partial charge on any atom is 0.407 e. The van der Waals surface area contributed by atoms with Gasteiger partial charge in [0.25, 0.3) is 0 Å². The summed E-state index contributed by atoms with van der Waals surface area (Å²) in [4.78, 5) is 36.4. The zero-order valence-corrected chi connectivity index (χ0v) is 19.8. The topological polar surface area (TPSA) is 105 Å². The average molecular weight is 465 g/mol. The Bertz CT molecular complexity index is 1030. The molecule has 3 rings (SSSR count). The van der Waals surface area contributed by atoms with Crippen molar-refractivity contribution >= 4 is 18.0 Å². The molecule has 2 atom stereocenters. The molecule has 0 spiro atoms. The lowest BCUT2D eigenvalue weighted by Gasteiger charge is -2.20. The van der Waals surface area contributed by atoms with Crippen LogP contribution in [-0.4, -0.2) is 41.8 Å². The molecule has 2 unspecified atom stereocenters. The number of carbonyl (C=O) groups is 3. The molecule has 0 fully saturated rings. The van der Waals surface area contributed by atoms with Crippen molar-refractivity contribution < 1.29 is 24.2 Å². The van der Waals surface area contributed by atoms with Gasteiger partial charge in [0.05, 0.1) is 0 Å². The molecule has 0 saturated heterocycles. The van der Waals surface area contributed by atoms with Gasteiger partial charge in [0, 0.05) is 18.4 Å². The van der Waals surface area contributed by atoms with E-state index in [0.717, 1.165) is 27.8 Å². The van der Waals surface area contributed by atoms with E-state index in [1.165, 1.54) is 0 Å². The number of fused-ring (bicyclic) bond motifs is 3. The van der Waals surface area contributed by atoms with E-state index in [0.29, 0.717) is 6.42 Å². The van der Waals surface area contributed by atoms with Gasteiger partial charge in [-0.1, -0.05) is 67.1 Å². The van der Waals surface area contributed by atoms with Crippen molar-refractivity contribution in [2.75, 3.05) is 6.61 Å². The zero-order valence-electron chi connectivity index (χ0n) is 19.8. The number of carboxylic acid groups (broad SMARTS) is 1. The highest BCUT2D eigenvalue weighted by Crippen LogP contribution is 2.44. The minimum Gasteiger partial charge on any atom is -0.480 e. The van der Waals surface area contributed by atoms with E-state index in [4.69, 9.17) is 4.74 Å². The second-order valence-electron chi connectivity index (χ2n) is 8.75. The maximum atomic E-state index is 12.5. The Morgan fingerprint density at radius 1 is 1.00 bits per heavy atom. The number of alkyl carbamates (subject to hydrolysis) is 1. The summed E-state index contributed by atoms with van der Waals surface area (Å²) in [6.45, 7) is 5.77. The highest BCUT2D eigenvalue weighted by molar-refractivity contribution is 5.84. The third-order valence-corrected chi connectivity index (χ3v) is 5.99.